The van der Waals surface area contributed by atoms with Gasteiger partial charge in [0.1, 0.15) is 18.2 Å². The summed E-state index contributed by atoms with van der Waals surface area (Å²) in [5.74, 6) is -0.252. The highest BCUT2D eigenvalue weighted by Gasteiger charge is 2.13. The van der Waals surface area contributed by atoms with Crippen LogP contribution in [0.25, 0.3) is 11.1 Å². The summed E-state index contributed by atoms with van der Waals surface area (Å²) in [6.07, 6.45) is 2.46. The summed E-state index contributed by atoms with van der Waals surface area (Å²) in [4.78, 5) is 25.7. The Kier molecular flexibility index (Phi) is 11.9. The zero-order valence-corrected chi connectivity index (χ0v) is 24.8. The molecule has 0 saturated heterocycles. The fourth-order valence-corrected chi connectivity index (χ4v) is 4.85. The van der Waals surface area contributed by atoms with E-state index < -0.39 is 0 Å². The van der Waals surface area contributed by atoms with Crippen LogP contribution in [0.1, 0.15) is 46.3 Å². The van der Waals surface area contributed by atoms with Crippen LogP contribution in [-0.4, -0.2) is 44.1 Å². The van der Waals surface area contributed by atoms with Crippen molar-refractivity contribution in [2.45, 2.75) is 38.8 Å². The molecule has 4 aromatic carbocycles. The minimum atomic E-state index is -0.378. The summed E-state index contributed by atoms with van der Waals surface area (Å²) in [5.41, 5.74) is 5.64. The minimum absolute atomic E-state index is 0.221. The third-order valence-electron chi connectivity index (χ3n) is 7.29. The molecule has 0 unspecified atom stereocenters. The Morgan fingerprint density at radius 1 is 0.744 bits per heavy atom. The Morgan fingerprint density at radius 2 is 1.44 bits per heavy atom. The van der Waals surface area contributed by atoms with Crippen molar-refractivity contribution in [3.05, 3.63) is 125 Å². The second-order valence-electron chi connectivity index (χ2n) is 10.4. The van der Waals surface area contributed by atoms with Gasteiger partial charge in [-0.3, -0.25) is 9.69 Å². The van der Waals surface area contributed by atoms with Crippen molar-refractivity contribution in [3.8, 4) is 16.9 Å². The Labute approximate surface area is 253 Å². The van der Waals surface area contributed by atoms with Crippen LogP contribution in [0.4, 0.5) is 4.39 Å². The number of hydrogen-bond acceptors (Lipinski definition) is 6. The van der Waals surface area contributed by atoms with Crippen LogP contribution >= 0.6 is 0 Å². The molecule has 0 aliphatic heterocycles. The van der Waals surface area contributed by atoms with E-state index in [0.29, 0.717) is 50.3 Å². The molecule has 0 atom stereocenters. The molecule has 4 rings (SSSR count). The number of unbranched alkanes of at least 4 members (excludes halogenated alkanes) is 1. The van der Waals surface area contributed by atoms with Gasteiger partial charge in [-0.2, -0.15) is 0 Å². The molecule has 0 bridgehead atoms. The number of benzene rings is 4. The Balaban J connectivity index is 1.40. The lowest BCUT2D eigenvalue weighted by molar-refractivity contribution is -0.140. The van der Waals surface area contributed by atoms with Gasteiger partial charge >= 0.3 is 11.9 Å². The largest absolute Gasteiger partial charge is 0.489 e. The van der Waals surface area contributed by atoms with E-state index in [1.54, 1.807) is 18.2 Å². The van der Waals surface area contributed by atoms with E-state index in [2.05, 4.69) is 29.2 Å². The second kappa shape index (κ2) is 16.2. The first-order valence-electron chi connectivity index (χ1n) is 14.5. The zero-order chi connectivity index (χ0) is 30.4. The van der Waals surface area contributed by atoms with E-state index in [1.807, 2.05) is 42.5 Å². The van der Waals surface area contributed by atoms with Crippen LogP contribution in [0.15, 0.2) is 97.1 Å². The maximum absolute atomic E-state index is 14.3. The Hall–Kier alpha value is -4.49. The van der Waals surface area contributed by atoms with Crippen molar-refractivity contribution >= 4 is 11.9 Å². The number of esters is 2. The van der Waals surface area contributed by atoms with Crippen molar-refractivity contribution in [1.29, 1.82) is 0 Å². The van der Waals surface area contributed by atoms with E-state index >= 15 is 0 Å². The molecule has 43 heavy (non-hydrogen) atoms. The number of carbonyl (C=O) groups excluding carboxylic acids is 2. The molecule has 7 heteroatoms. The van der Waals surface area contributed by atoms with Gasteiger partial charge in [-0.25, -0.2) is 9.18 Å². The maximum Gasteiger partial charge on any atom is 0.337 e. The van der Waals surface area contributed by atoms with Gasteiger partial charge in [0, 0.05) is 19.5 Å². The van der Waals surface area contributed by atoms with Gasteiger partial charge in [0.05, 0.1) is 19.8 Å². The number of methoxy groups -OCH3 is 2. The van der Waals surface area contributed by atoms with Crippen molar-refractivity contribution in [3.63, 3.8) is 0 Å². The molecule has 0 aliphatic rings. The summed E-state index contributed by atoms with van der Waals surface area (Å²) in [6, 6.07) is 30.4. The van der Waals surface area contributed by atoms with Crippen molar-refractivity contribution < 1.29 is 28.2 Å². The Bertz CT molecular complexity index is 1460. The molecular weight excluding hydrogens is 545 g/mol. The lowest BCUT2D eigenvalue weighted by atomic mass is 10.0. The second-order valence-corrected chi connectivity index (χ2v) is 10.4. The number of ether oxygens (including phenoxy) is 3. The normalized spacial score (nSPS) is 10.9. The quantitative estimate of drug-likeness (QED) is 0.109. The van der Waals surface area contributed by atoms with Gasteiger partial charge < -0.3 is 14.2 Å². The highest BCUT2D eigenvalue weighted by Crippen LogP contribution is 2.24. The summed E-state index contributed by atoms with van der Waals surface area (Å²) in [5, 5.41) is 0. The molecule has 0 heterocycles. The minimum Gasteiger partial charge on any atom is -0.489 e. The van der Waals surface area contributed by atoms with Gasteiger partial charge in [0.15, 0.2) is 0 Å². The van der Waals surface area contributed by atoms with Crippen molar-refractivity contribution in [2.24, 2.45) is 0 Å². The average Bonchev–Trinajstić information content (AvgIpc) is 3.05. The number of carbonyl (C=O) groups is 2. The third kappa shape index (κ3) is 9.79. The van der Waals surface area contributed by atoms with E-state index in [0.717, 1.165) is 40.8 Å². The number of hydrogen-bond donors (Lipinski definition) is 0. The Morgan fingerprint density at radius 3 is 2.14 bits per heavy atom. The van der Waals surface area contributed by atoms with Crippen LogP contribution in [0.2, 0.25) is 0 Å². The smallest absolute Gasteiger partial charge is 0.337 e. The molecule has 0 spiro atoms. The lowest BCUT2D eigenvalue weighted by Gasteiger charge is -2.23. The summed E-state index contributed by atoms with van der Waals surface area (Å²) >= 11 is 0. The first-order chi connectivity index (χ1) is 20.9. The fraction of sp³-hybridized carbons (Fsp3) is 0.278. The van der Waals surface area contributed by atoms with Crippen LogP contribution < -0.4 is 4.74 Å². The molecule has 0 radical (unpaired) electrons. The van der Waals surface area contributed by atoms with Crippen LogP contribution in [-0.2, 0) is 33.8 Å². The molecule has 4 aromatic rings. The van der Waals surface area contributed by atoms with Gasteiger partial charge in [0.25, 0.3) is 0 Å². The van der Waals surface area contributed by atoms with Gasteiger partial charge in [-0.05, 0) is 84.0 Å². The fourth-order valence-electron chi connectivity index (χ4n) is 4.85. The SMILES string of the molecule is COC(=O)CCCCN(CCc1cc(F)ccc1OCc1ccc(-c2ccccc2)cc1)Cc1ccc(C(=O)OC)cc1. The first kappa shape index (κ1) is 31.4. The number of nitrogens with zero attached hydrogens (tertiary/aromatic N) is 1. The summed E-state index contributed by atoms with van der Waals surface area (Å²) in [7, 11) is 2.75. The van der Waals surface area contributed by atoms with Crippen LogP contribution in [0.3, 0.4) is 0 Å². The summed E-state index contributed by atoms with van der Waals surface area (Å²) < 4.78 is 30.1. The highest BCUT2D eigenvalue weighted by atomic mass is 19.1. The van der Waals surface area contributed by atoms with Crippen molar-refractivity contribution in [2.75, 3.05) is 27.3 Å². The zero-order valence-electron chi connectivity index (χ0n) is 24.8. The van der Waals surface area contributed by atoms with Gasteiger partial charge in [-0.15, -0.1) is 0 Å². The standard InChI is InChI=1S/C36H38FNO5/c1-41-35(39)10-6-7-22-38(25-27-11-17-31(18-12-27)36(40)42-2)23-21-32-24-33(37)19-20-34(32)43-26-28-13-15-30(16-14-28)29-8-4-3-5-9-29/h3-5,8-9,11-20,24H,6-7,10,21-23,25-26H2,1-2H3. The highest BCUT2D eigenvalue weighted by molar-refractivity contribution is 5.89. The molecule has 0 saturated carbocycles. The molecule has 0 N–H and O–H groups in total. The molecule has 224 valence electrons. The molecule has 0 aromatic heterocycles. The van der Waals surface area contributed by atoms with Gasteiger partial charge in [0.2, 0.25) is 0 Å². The third-order valence-corrected chi connectivity index (χ3v) is 7.29. The monoisotopic (exact) mass is 583 g/mol. The molecule has 6 nitrogen and oxygen atoms in total. The van der Waals surface area contributed by atoms with E-state index in [-0.39, 0.29) is 17.8 Å². The van der Waals surface area contributed by atoms with Crippen molar-refractivity contribution in [1.82, 2.24) is 4.90 Å². The number of rotatable bonds is 15. The predicted molar refractivity (Wildman–Crippen MR) is 165 cm³/mol. The lowest BCUT2D eigenvalue weighted by Crippen LogP contribution is -2.27. The van der Waals surface area contributed by atoms with Crippen LogP contribution in [0.5, 0.6) is 5.75 Å². The first-order valence-corrected chi connectivity index (χ1v) is 14.5. The molecular formula is C36H38FNO5. The maximum atomic E-state index is 14.3. The van der Waals surface area contributed by atoms with E-state index in [1.165, 1.54) is 26.4 Å². The van der Waals surface area contributed by atoms with E-state index in [4.69, 9.17) is 14.2 Å². The van der Waals surface area contributed by atoms with E-state index in [9.17, 15) is 14.0 Å². The average molecular weight is 584 g/mol. The van der Waals surface area contributed by atoms with Crippen LogP contribution in [0, 0.1) is 5.82 Å². The molecule has 0 fully saturated rings. The van der Waals surface area contributed by atoms with Gasteiger partial charge in [-0.1, -0.05) is 66.7 Å². The topological polar surface area (TPSA) is 65.1 Å². The summed E-state index contributed by atoms with van der Waals surface area (Å²) in [6.45, 7) is 2.41. The number of halogens is 1. The molecule has 0 amide bonds. The molecule has 0 aliphatic carbocycles. The predicted octanol–water partition coefficient (Wildman–Crippen LogP) is 7.25.